The van der Waals surface area contributed by atoms with Crippen LogP contribution in [0.5, 0.6) is 0 Å². The summed E-state index contributed by atoms with van der Waals surface area (Å²) in [5, 5.41) is 7.23. The van der Waals surface area contributed by atoms with Crippen LogP contribution < -0.4 is 5.32 Å². The summed E-state index contributed by atoms with van der Waals surface area (Å²) >= 11 is 0. The lowest BCUT2D eigenvalue weighted by molar-refractivity contribution is -0.138. The van der Waals surface area contributed by atoms with E-state index in [4.69, 9.17) is 14.0 Å². The highest BCUT2D eigenvalue weighted by Gasteiger charge is 2.19. The van der Waals surface area contributed by atoms with E-state index in [2.05, 4.69) is 17.4 Å². The monoisotopic (exact) mass is 226 g/mol. The standard InChI is InChI=1S/C11H18N2O3/c1-2-3-12-5-9-4-10(16-13-9)8-15-11-6-14-7-11/h4,11-12H,2-3,5-8H2,1H3. The molecule has 0 radical (unpaired) electrons. The number of ether oxygens (including phenoxy) is 2. The Bertz CT molecular complexity index is 310. The molecule has 0 saturated carbocycles. The molecule has 1 aromatic heterocycles. The molecule has 0 atom stereocenters. The number of hydrogen-bond acceptors (Lipinski definition) is 5. The van der Waals surface area contributed by atoms with Crippen molar-refractivity contribution in [3.05, 3.63) is 17.5 Å². The molecule has 1 aliphatic rings. The maximum atomic E-state index is 5.52. The summed E-state index contributed by atoms with van der Waals surface area (Å²) in [5.74, 6) is 0.778. The molecule has 0 spiro atoms. The molecule has 2 rings (SSSR count). The van der Waals surface area contributed by atoms with Crippen molar-refractivity contribution in [3.63, 3.8) is 0 Å². The Balaban J connectivity index is 1.68. The summed E-state index contributed by atoms with van der Waals surface area (Å²) in [4.78, 5) is 0. The first-order chi connectivity index (χ1) is 7.88. The van der Waals surface area contributed by atoms with E-state index in [0.29, 0.717) is 19.8 Å². The highest BCUT2D eigenvalue weighted by atomic mass is 16.6. The normalized spacial score (nSPS) is 16.3. The summed E-state index contributed by atoms with van der Waals surface area (Å²) in [6.07, 6.45) is 1.35. The lowest BCUT2D eigenvalue weighted by Crippen LogP contribution is -2.35. The van der Waals surface area contributed by atoms with E-state index in [1.54, 1.807) is 0 Å². The Labute approximate surface area is 95.1 Å². The lowest BCUT2D eigenvalue weighted by atomic mass is 10.3. The largest absolute Gasteiger partial charge is 0.376 e. The van der Waals surface area contributed by atoms with Crippen LogP contribution in [-0.4, -0.2) is 31.0 Å². The number of rotatable bonds is 7. The number of nitrogens with zero attached hydrogens (tertiary/aromatic N) is 1. The van der Waals surface area contributed by atoms with E-state index in [9.17, 15) is 0 Å². The molecular weight excluding hydrogens is 208 g/mol. The van der Waals surface area contributed by atoms with Crippen LogP contribution in [0, 0.1) is 0 Å². The number of hydrogen-bond donors (Lipinski definition) is 1. The van der Waals surface area contributed by atoms with Crippen molar-refractivity contribution < 1.29 is 14.0 Å². The summed E-state index contributed by atoms with van der Waals surface area (Å²) in [5.41, 5.74) is 0.928. The molecule has 2 heterocycles. The molecule has 1 N–H and O–H groups in total. The van der Waals surface area contributed by atoms with Gasteiger partial charge in [-0.05, 0) is 13.0 Å². The second kappa shape index (κ2) is 5.98. The van der Waals surface area contributed by atoms with Gasteiger partial charge in [0, 0.05) is 12.6 Å². The van der Waals surface area contributed by atoms with Gasteiger partial charge in [-0.2, -0.15) is 0 Å². The molecule has 0 aliphatic carbocycles. The molecule has 5 heteroatoms. The molecular formula is C11H18N2O3. The maximum absolute atomic E-state index is 5.52. The third kappa shape index (κ3) is 3.30. The molecule has 16 heavy (non-hydrogen) atoms. The third-order valence-electron chi connectivity index (χ3n) is 2.41. The van der Waals surface area contributed by atoms with Gasteiger partial charge in [-0.15, -0.1) is 0 Å². The molecule has 90 valence electrons. The molecule has 0 amide bonds. The molecule has 1 fully saturated rings. The van der Waals surface area contributed by atoms with Crippen LogP contribution in [0.3, 0.4) is 0 Å². The van der Waals surface area contributed by atoms with Crippen molar-refractivity contribution >= 4 is 0 Å². The Hall–Kier alpha value is -0.910. The van der Waals surface area contributed by atoms with Crippen LogP contribution in [0.15, 0.2) is 10.6 Å². The van der Waals surface area contributed by atoms with E-state index in [-0.39, 0.29) is 6.10 Å². The molecule has 1 aliphatic heterocycles. The summed E-state index contributed by atoms with van der Waals surface area (Å²) < 4.78 is 15.7. The molecule has 1 aromatic rings. The quantitative estimate of drug-likeness (QED) is 0.705. The summed E-state index contributed by atoms with van der Waals surface area (Å²) in [7, 11) is 0. The first kappa shape index (κ1) is 11.6. The Kier molecular flexibility index (Phi) is 4.33. The van der Waals surface area contributed by atoms with Crippen LogP contribution in [0.25, 0.3) is 0 Å². The van der Waals surface area contributed by atoms with Crippen molar-refractivity contribution in [2.75, 3.05) is 19.8 Å². The highest BCUT2D eigenvalue weighted by Crippen LogP contribution is 2.10. The van der Waals surface area contributed by atoms with E-state index in [1.807, 2.05) is 6.07 Å². The Morgan fingerprint density at radius 3 is 3.12 bits per heavy atom. The first-order valence-corrected chi connectivity index (χ1v) is 5.73. The predicted molar refractivity (Wildman–Crippen MR) is 57.9 cm³/mol. The zero-order chi connectivity index (χ0) is 11.2. The second-order valence-electron chi connectivity index (χ2n) is 3.93. The molecule has 0 bridgehead atoms. The van der Waals surface area contributed by atoms with E-state index in [0.717, 1.165) is 31.0 Å². The maximum Gasteiger partial charge on any atom is 0.162 e. The minimum absolute atomic E-state index is 0.228. The van der Waals surface area contributed by atoms with Crippen LogP contribution in [-0.2, 0) is 22.6 Å². The van der Waals surface area contributed by atoms with Crippen LogP contribution >= 0.6 is 0 Å². The van der Waals surface area contributed by atoms with Gasteiger partial charge < -0.3 is 19.3 Å². The van der Waals surface area contributed by atoms with Gasteiger partial charge in [-0.1, -0.05) is 12.1 Å². The lowest BCUT2D eigenvalue weighted by Gasteiger charge is -2.25. The van der Waals surface area contributed by atoms with Gasteiger partial charge in [0.2, 0.25) is 0 Å². The van der Waals surface area contributed by atoms with E-state index < -0.39 is 0 Å². The van der Waals surface area contributed by atoms with E-state index >= 15 is 0 Å². The SMILES string of the molecule is CCCNCc1cc(COC2COC2)on1. The zero-order valence-electron chi connectivity index (χ0n) is 9.57. The van der Waals surface area contributed by atoms with Crippen LogP contribution in [0.1, 0.15) is 24.8 Å². The average Bonchev–Trinajstić information content (AvgIpc) is 2.64. The first-order valence-electron chi connectivity index (χ1n) is 5.73. The fourth-order valence-corrected chi connectivity index (χ4v) is 1.41. The van der Waals surface area contributed by atoms with Crippen LogP contribution in [0.4, 0.5) is 0 Å². The van der Waals surface area contributed by atoms with Gasteiger partial charge in [-0.25, -0.2) is 0 Å². The van der Waals surface area contributed by atoms with Crippen LogP contribution in [0.2, 0.25) is 0 Å². The smallest absolute Gasteiger partial charge is 0.162 e. The second-order valence-corrected chi connectivity index (χ2v) is 3.93. The minimum atomic E-state index is 0.228. The predicted octanol–water partition coefficient (Wildman–Crippen LogP) is 1.09. The summed E-state index contributed by atoms with van der Waals surface area (Å²) in [6.45, 7) is 5.75. The Morgan fingerprint density at radius 2 is 2.44 bits per heavy atom. The van der Waals surface area contributed by atoms with Gasteiger partial charge in [0.1, 0.15) is 12.7 Å². The van der Waals surface area contributed by atoms with Gasteiger partial charge in [-0.3, -0.25) is 0 Å². The van der Waals surface area contributed by atoms with Crippen molar-refractivity contribution in [1.29, 1.82) is 0 Å². The molecule has 0 aromatic carbocycles. The van der Waals surface area contributed by atoms with Crippen molar-refractivity contribution in [3.8, 4) is 0 Å². The Morgan fingerprint density at radius 1 is 1.56 bits per heavy atom. The molecule has 1 saturated heterocycles. The average molecular weight is 226 g/mol. The molecule has 0 unspecified atom stereocenters. The van der Waals surface area contributed by atoms with Crippen molar-refractivity contribution in [2.24, 2.45) is 0 Å². The number of aromatic nitrogens is 1. The fourth-order valence-electron chi connectivity index (χ4n) is 1.41. The fraction of sp³-hybridized carbons (Fsp3) is 0.727. The van der Waals surface area contributed by atoms with Gasteiger partial charge in [0.05, 0.1) is 18.9 Å². The topological polar surface area (TPSA) is 56.5 Å². The van der Waals surface area contributed by atoms with Gasteiger partial charge >= 0.3 is 0 Å². The summed E-state index contributed by atoms with van der Waals surface area (Å²) in [6, 6.07) is 1.93. The van der Waals surface area contributed by atoms with Crippen molar-refractivity contribution in [2.45, 2.75) is 32.6 Å². The number of nitrogens with one attached hydrogen (secondary N) is 1. The van der Waals surface area contributed by atoms with E-state index in [1.165, 1.54) is 0 Å². The third-order valence-corrected chi connectivity index (χ3v) is 2.41. The van der Waals surface area contributed by atoms with Gasteiger partial charge in [0.25, 0.3) is 0 Å². The van der Waals surface area contributed by atoms with Crippen molar-refractivity contribution in [1.82, 2.24) is 10.5 Å². The highest BCUT2D eigenvalue weighted by molar-refractivity contribution is 5.04. The molecule has 5 nitrogen and oxygen atoms in total. The van der Waals surface area contributed by atoms with Gasteiger partial charge in [0.15, 0.2) is 5.76 Å². The zero-order valence-corrected chi connectivity index (χ0v) is 9.57. The minimum Gasteiger partial charge on any atom is -0.376 e.